The van der Waals surface area contributed by atoms with Gasteiger partial charge < -0.3 is 18.6 Å². The Balaban J connectivity index is 0.000000173. The number of esters is 1. The van der Waals surface area contributed by atoms with Gasteiger partial charge >= 0.3 is 5.97 Å². The molecule has 2 amide bonds. The molecule has 0 aliphatic carbocycles. The minimum atomic E-state index is -3.42. The zero-order chi connectivity index (χ0) is 35.4. The fourth-order valence-corrected chi connectivity index (χ4v) is 7.91. The Kier molecular flexibility index (Phi) is 10.4. The van der Waals surface area contributed by atoms with Crippen molar-refractivity contribution in [1.82, 2.24) is 14.5 Å². The number of aromatic nitrogens is 2. The van der Waals surface area contributed by atoms with Crippen LogP contribution in [0.2, 0.25) is 0 Å². The molecule has 3 aromatic carbocycles. The van der Waals surface area contributed by atoms with Crippen LogP contribution in [0.5, 0.6) is 0 Å². The van der Waals surface area contributed by atoms with Crippen molar-refractivity contribution < 1.29 is 32.0 Å². The van der Waals surface area contributed by atoms with E-state index in [1.54, 1.807) is 16.7 Å². The number of furan rings is 1. The summed E-state index contributed by atoms with van der Waals surface area (Å²) in [7, 11) is -2.19. The van der Waals surface area contributed by atoms with Crippen molar-refractivity contribution in [2.24, 2.45) is 0 Å². The molecule has 5 aromatic rings. The van der Waals surface area contributed by atoms with E-state index in [1.165, 1.54) is 33.1 Å². The summed E-state index contributed by atoms with van der Waals surface area (Å²) in [4.78, 5) is 43.9. The molecule has 0 bridgehead atoms. The summed E-state index contributed by atoms with van der Waals surface area (Å²) in [5.74, 6) is 0.154. The molecule has 0 radical (unpaired) electrons. The molecule has 0 N–H and O–H groups in total. The largest absolute Gasteiger partial charge is 0.467 e. The van der Waals surface area contributed by atoms with Gasteiger partial charge in [-0.25, -0.2) is 18.2 Å². The van der Waals surface area contributed by atoms with Gasteiger partial charge in [0.05, 0.1) is 29.6 Å². The number of imidazole rings is 1. The molecule has 0 saturated carbocycles. The summed E-state index contributed by atoms with van der Waals surface area (Å²) in [6.45, 7) is 3.85. The summed E-state index contributed by atoms with van der Waals surface area (Å²) in [6.07, 6.45) is 7.50. The summed E-state index contributed by atoms with van der Waals surface area (Å²) in [6, 6.07) is 24.4. The Labute approximate surface area is 294 Å². The SMILES string of the molecule is COC(=O)C(C)N1C(=O)S/C(=C/c2ccc(N3CCCCCC3)o2)C1=O.CS(=O)(=O)c1nc2ccccc2n1Cc1cccc2ccccc12. The number of hydrogen-bond acceptors (Lipinski definition) is 10. The number of rotatable bonds is 7. The van der Waals surface area contributed by atoms with Gasteiger partial charge in [0.2, 0.25) is 15.0 Å². The number of benzene rings is 3. The second-order valence-corrected chi connectivity index (χ2v) is 15.1. The molecule has 2 aliphatic rings. The van der Waals surface area contributed by atoms with Crippen molar-refractivity contribution in [3.63, 3.8) is 0 Å². The van der Waals surface area contributed by atoms with E-state index >= 15 is 0 Å². The second-order valence-electron chi connectivity index (χ2n) is 12.2. The van der Waals surface area contributed by atoms with Gasteiger partial charge in [0.1, 0.15) is 11.8 Å². The maximum atomic E-state index is 12.5. The zero-order valence-corrected chi connectivity index (χ0v) is 29.7. The van der Waals surface area contributed by atoms with Crippen LogP contribution in [0, 0.1) is 0 Å². The first-order chi connectivity index (χ1) is 24.0. The van der Waals surface area contributed by atoms with Gasteiger partial charge in [0.15, 0.2) is 5.88 Å². The van der Waals surface area contributed by atoms with Gasteiger partial charge in [-0.05, 0) is 66.1 Å². The molecule has 13 heteroatoms. The Morgan fingerprint density at radius 1 is 0.960 bits per heavy atom. The third-order valence-electron chi connectivity index (χ3n) is 8.72. The number of methoxy groups -OCH3 is 1. The van der Waals surface area contributed by atoms with Crippen molar-refractivity contribution in [3.05, 3.63) is 95.1 Å². The van der Waals surface area contributed by atoms with Crippen LogP contribution in [0.4, 0.5) is 10.7 Å². The Morgan fingerprint density at radius 2 is 1.66 bits per heavy atom. The Morgan fingerprint density at radius 3 is 2.40 bits per heavy atom. The van der Waals surface area contributed by atoms with Gasteiger partial charge in [0, 0.05) is 31.5 Å². The number of para-hydroxylation sites is 2. The second kappa shape index (κ2) is 14.9. The molecular weight excluding hydrogens is 677 g/mol. The zero-order valence-electron chi connectivity index (χ0n) is 28.1. The Bertz CT molecular complexity index is 2190. The highest BCUT2D eigenvalue weighted by molar-refractivity contribution is 8.18. The smallest absolute Gasteiger partial charge is 0.328 e. The van der Waals surface area contributed by atoms with Crippen molar-refractivity contribution in [2.75, 3.05) is 31.4 Å². The van der Waals surface area contributed by atoms with E-state index in [2.05, 4.69) is 32.8 Å². The van der Waals surface area contributed by atoms with Gasteiger partial charge in [0.25, 0.3) is 11.1 Å². The number of thioether (sulfide) groups is 1. The molecule has 260 valence electrons. The number of carbonyl (C=O) groups excluding carboxylic acids is 3. The molecule has 0 spiro atoms. The highest BCUT2D eigenvalue weighted by atomic mass is 32.2. The van der Waals surface area contributed by atoms with E-state index in [1.807, 2.05) is 54.6 Å². The van der Waals surface area contributed by atoms with Crippen LogP contribution in [0.25, 0.3) is 27.9 Å². The van der Waals surface area contributed by atoms with E-state index < -0.39 is 33.0 Å². The molecule has 1 atom stereocenters. The minimum absolute atomic E-state index is 0.108. The molecule has 2 saturated heterocycles. The predicted octanol–water partition coefficient (Wildman–Crippen LogP) is 6.90. The number of ether oxygens (including phenoxy) is 1. The molecule has 2 aromatic heterocycles. The Hall–Kier alpha value is -4.88. The topological polar surface area (TPSA) is 132 Å². The van der Waals surface area contributed by atoms with Crippen molar-refractivity contribution >= 4 is 72.5 Å². The first-order valence-corrected chi connectivity index (χ1v) is 19.1. The third kappa shape index (κ3) is 7.48. The molecule has 7 rings (SSSR count). The van der Waals surface area contributed by atoms with Crippen LogP contribution in [0.3, 0.4) is 0 Å². The lowest BCUT2D eigenvalue weighted by molar-refractivity contribution is -0.148. The minimum Gasteiger partial charge on any atom is -0.467 e. The van der Waals surface area contributed by atoms with Gasteiger partial charge in [-0.15, -0.1) is 0 Å². The number of sulfone groups is 1. The predicted molar refractivity (Wildman–Crippen MR) is 195 cm³/mol. The van der Waals surface area contributed by atoms with Crippen molar-refractivity contribution in [1.29, 1.82) is 0 Å². The monoisotopic (exact) mass is 714 g/mol. The first kappa shape index (κ1) is 35.0. The van der Waals surface area contributed by atoms with E-state index in [-0.39, 0.29) is 10.1 Å². The maximum absolute atomic E-state index is 12.5. The summed E-state index contributed by atoms with van der Waals surface area (Å²) < 4.78 is 36.6. The van der Waals surface area contributed by atoms with Crippen LogP contribution in [-0.4, -0.2) is 72.5 Å². The molecular formula is C37H38N4O7S2. The van der Waals surface area contributed by atoms with Crippen LogP contribution in [0.15, 0.2) is 93.3 Å². The lowest BCUT2D eigenvalue weighted by atomic mass is 10.0. The molecule has 4 heterocycles. The number of anilines is 1. The fraction of sp³-hybridized carbons (Fsp3) is 0.297. The number of imide groups is 1. The van der Waals surface area contributed by atoms with Gasteiger partial charge in [-0.1, -0.05) is 67.4 Å². The van der Waals surface area contributed by atoms with Crippen molar-refractivity contribution in [3.8, 4) is 0 Å². The first-order valence-electron chi connectivity index (χ1n) is 16.4. The van der Waals surface area contributed by atoms with Crippen molar-refractivity contribution in [2.45, 2.75) is 50.4 Å². The quantitative estimate of drug-likeness (QED) is 0.130. The highest BCUT2D eigenvalue weighted by Gasteiger charge is 2.41. The standard InChI is InChI=1S/C19H16N2O2S.C18H22N2O5S/c1-24(22,23)19-20-17-11-4-5-12-18(17)21(19)13-15-9-6-8-14-7-2-3-10-16(14)15;1-12(17(22)24-2)20-16(21)14(26-18(20)23)11-13-7-8-15(25-13)19-9-5-3-4-6-10-19/h2-12H,13H2,1H3;7-8,11-12H,3-6,9-10H2,1-2H3/b;14-11+. The summed E-state index contributed by atoms with van der Waals surface area (Å²) >= 11 is 0.798. The highest BCUT2D eigenvalue weighted by Crippen LogP contribution is 2.35. The fourth-order valence-electron chi connectivity index (χ4n) is 6.19. The van der Waals surface area contributed by atoms with Crippen LogP contribution >= 0.6 is 11.8 Å². The number of nitrogens with zero attached hydrogens (tertiary/aromatic N) is 4. The van der Waals surface area contributed by atoms with E-state index in [0.29, 0.717) is 17.8 Å². The molecule has 11 nitrogen and oxygen atoms in total. The average Bonchev–Trinajstić information content (AvgIpc) is 3.72. The summed E-state index contributed by atoms with van der Waals surface area (Å²) in [5, 5.41) is 1.88. The lowest BCUT2D eigenvalue weighted by Gasteiger charge is -2.18. The number of carbonyl (C=O) groups is 3. The molecule has 2 fully saturated rings. The van der Waals surface area contributed by atoms with E-state index in [4.69, 9.17) is 4.42 Å². The van der Waals surface area contributed by atoms with Crippen LogP contribution in [0.1, 0.15) is 43.9 Å². The normalized spacial score (nSPS) is 16.8. The van der Waals surface area contributed by atoms with Gasteiger partial charge in [-0.2, -0.15) is 0 Å². The van der Waals surface area contributed by atoms with E-state index in [9.17, 15) is 22.8 Å². The number of amides is 2. The third-order valence-corrected chi connectivity index (χ3v) is 10.6. The van der Waals surface area contributed by atoms with Crippen LogP contribution in [-0.2, 0) is 30.7 Å². The average molecular weight is 715 g/mol. The lowest BCUT2D eigenvalue weighted by Crippen LogP contribution is -2.42. The van der Waals surface area contributed by atoms with E-state index in [0.717, 1.165) is 70.3 Å². The molecule has 2 aliphatic heterocycles. The van der Waals surface area contributed by atoms with Crippen LogP contribution < -0.4 is 4.90 Å². The summed E-state index contributed by atoms with van der Waals surface area (Å²) in [5.41, 5.74) is 2.59. The maximum Gasteiger partial charge on any atom is 0.328 e. The number of hydrogen-bond donors (Lipinski definition) is 0. The molecule has 1 unspecified atom stereocenters. The molecule has 50 heavy (non-hydrogen) atoms. The number of fused-ring (bicyclic) bond motifs is 2. The van der Waals surface area contributed by atoms with Gasteiger partial charge in [-0.3, -0.25) is 14.5 Å².